The zero-order valence-corrected chi connectivity index (χ0v) is 12.6. The Bertz CT molecular complexity index is 609. The number of nitrogens with zero attached hydrogens (tertiary/aromatic N) is 1. The van der Waals surface area contributed by atoms with Crippen molar-refractivity contribution in [2.75, 3.05) is 7.11 Å². The van der Waals surface area contributed by atoms with Crippen LogP contribution in [0.1, 0.15) is 41.3 Å². The minimum Gasteiger partial charge on any atom is -0.496 e. The van der Waals surface area contributed by atoms with Gasteiger partial charge in [0.15, 0.2) is 0 Å². The number of ether oxygens (including phenoxy) is 1. The molecule has 4 heteroatoms. The summed E-state index contributed by atoms with van der Waals surface area (Å²) < 4.78 is 5.35. The Kier molecular flexibility index (Phi) is 4.93. The fourth-order valence-electron chi connectivity index (χ4n) is 2.07. The van der Waals surface area contributed by atoms with Crippen molar-refractivity contribution >= 4 is 5.91 Å². The van der Waals surface area contributed by atoms with E-state index in [0.717, 1.165) is 11.3 Å². The summed E-state index contributed by atoms with van der Waals surface area (Å²) in [4.78, 5) is 16.0. The van der Waals surface area contributed by atoms with E-state index in [2.05, 4.69) is 36.3 Å². The van der Waals surface area contributed by atoms with Crippen LogP contribution in [-0.4, -0.2) is 18.0 Å². The van der Waals surface area contributed by atoms with Gasteiger partial charge < -0.3 is 10.1 Å². The van der Waals surface area contributed by atoms with E-state index in [4.69, 9.17) is 4.74 Å². The number of hydrogen-bond acceptors (Lipinski definition) is 3. The standard InChI is InChI=1S/C17H20N2O2/c1-12(2)13-6-7-16(21-3)15(9-13)11-19-17(20)14-5-4-8-18-10-14/h4-10,12H,11H2,1-3H3,(H,19,20). The molecule has 0 bridgehead atoms. The van der Waals surface area contributed by atoms with Crippen LogP contribution < -0.4 is 10.1 Å². The second-order valence-electron chi connectivity index (χ2n) is 5.15. The third kappa shape index (κ3) is 3.81. The monoisotopic (exact) mass is 284 g/mol. The van der Waals surface area contributed by atoms with Gasteiger partial charge in [-0.05, 0) is 29.7 Å². The Morgan fingerprint density at radius 2 is 2.14 bits per heavy atom. The van der Waals surface area contributed by atoms with Gasteiger partial charge in [0.2, 0.25) is 0 Å². The summed E-state index contributed by atoms with van der Waals surface area (Å²) in [5.74, 6) is 1.08. The van der Waals surface area contributed by atoms with Crippen LogP contribution in [-0.2, 0) is 6.54 Å². The smallest absolute Gasteiger partial charge is 0.253 e. The van der Waals surface area contributed by atoms with Crippen molar-refractivity contribution in [3.05, 3.63) is 59.4 Å². The van der Waals surface area contributed by atoms with E-state index in [0.29, 0.717) is 18.0 Å². The third-order valence-electron chi connectivity index (χ3n) is 3.33. The number of rotatable bonds is 5. The van der Waals surface area contributed by atoms with Gasteiger partial charge in [0.25, 0.3) is 5.91 Å². The molecule has 0 fully saturated rings. The first-order valence-corrected chi connectivity index (χ1v) is 6.97. The SMILES string of the molecule is COc1ccc(C(C)C)cc1CNC(=O)c1cccnc1. The highest BCUT2D eigenvalue weighted by Crippen LogP contribution is 2.24. The van der Waals surface area contributed by atoms with Crippen molar-refractivity contribution in [3.8, 4) is 5.75 Å². The highest BCUT2D eigenvalue weighted by molar-refractivity contribution is 5.93. The predicted octanol–water partition coefficient (Wildman–Crippen LogP) is 3.14. The second-order valence-corrected chi connectivity index (χ2v) is 5.15. The number of nitrogens with one attached hydrogen (secondary N) is 1. The molecule has 0 aliphatic rings. The maximum atomic E-state index is 12.0. The fraction of sp³-hybridized carbons (Fsp3) is 0.294. The zero-order valence-electron chi connectivity index (χ0n) is 12.6. The van der Waals surface area contributed by atoms with Crippen molar-refractivity contribution in [2.24, 2.45) is 0 Å². The van der Waals surface area contributed by atoms with E-state index in [1.54, 1.807) is 31.6 Å². The molecule has 0 aliphatic carbocycles. The van der Waals surface area contributed by atoms with E-state index < -0.39 is 0 Å². The fourth-order valence-corrected chi connectivity index (χ4v) is 2.07. The number of benzene rings is 1. The summed E-state index contributed by atoms with van der Waals surface area (Å²) in [5.41, 5.74) is 2.75. The molecule has 2 rings (SSSR count). The minimum atomic E-state index is -0.139. The predicted molar refractivity (Wildman–Crippen MR) is 82.5 cm³/mol. The van der Waals surface area contributed by atoms with Crippen LogP contribution >= 0.6 is 0 Å². The Morgan fingerprint density at radius 3 is 2.76 bits per heavy atom. The molecule has 1 N–H and O–H groups in total. The van der Waals surface area contributed by atoms with Crippen LogP contribution in [0.2, 0.25) is 0 Å². The number of methoxy groups -OCH3 is 1. The highest BCUT2D eigenvalue weighted by Gasteiger charge is 2.09. The lowest BCUT2D eigenvalue weighted by Crippen LogP contribution is -2.23. The van der Waals surface area contributed by atoms with Crippen molar-refractivity contribution in [1.29, 1.82) is 0 Å². The maximum Gasteiger partial charge on any atom is 0.253 e. The molecule has 2 aromatic rings. The van der Waals surface area contributed by atoms with Gasteiger partial charge in [-0.1, -0.05) is 26.0 Å². The molecule has 0 spiro atoms. The van der Waals surface area contributed by atoms with Crippen molar-refractivity contribution in [2.45, 2.75) is 26.3 Å². The van der Waals surface area contributed by atoms with Gasteiger partial charge in [0.1, 0.15) is 5.75 Å². The van der Waals surface area contributed by atoms with Crippen LogP contribution in [0.25, 0.3) is 0 Å². The lowest BCUT2D eigenvalue weighted by molar-refractivity contribution is 0.0950. The molecule has 21 heavy (non-hydrogen) atoms. The summed E-state index contributed by atoms with van der Waals surface area (Å²) in [5, 5.41) is 2.90. The summed E-state index contributed by atoms with van der Waals surface area (Å²) >= 11 is 0. The number of aromatic nitrogens is 1. The average molecular weight is 284 g/mol. The van der Waals surface area contributed by atoms with Crippen LogP contribution in [0.3, 0.4) is 0 Å². The Labute approximate surface area is 125 Å². The summed E-state index contributed by atoms with van der Waals surface area (Å²) in [7, 11) is 1.64. The first kappa shape index (κ1) is 15.0. The van der Waals surface area contributed by atoms with Gasteiger partial charge in [-0.2, -0.15) is 0 Å². The van der Waals surface area contributed by atoms with Crippen molar-refractivity contribution in [1.82, 2.24) is 10.3 Å². The molecule has 110 valence electrons. The van der Waals surface area contributed by atoms with E-state index in [1.807, 2.05) is 6.07 Å². The molecule has 1 aromatic carbocycles. The Hall–Kier alpha value is -2.36. The molecule has 0 radical (unpaired) electrons. The number of carbonyl (C=O) groups is 1. The molecule has 0 atom stereocenters. The zero-order chi connectivity index (χ0) is 15.2. The first-order chi connectivity index (χ1) is 10.1. The molecule has 0 unspecified atom stereocenters. The summed E-state index contributed by atoms with van der Waals surface area (Å²) in [6.45, 7) is 4.71. The summed E-state index contributed by atoms with van der Waals surface area (Å²) in [6.07, 6.45) is 3.20. The maximum absolute atomic E-state index is 12.0. The molecule has 1 amide bonds. The average Bonchev–Trinajstić information content (AvgIpc) is 2.53. The van der Waals surface area contributed by atoms with Crippen molar-refractivity contribution in [3.63, 3.8) is 0 Å². The largest absolute Gasteiger partial charge is 0.496 e. The summed E-state index contributed by atoms with van der Waals surface area (Å²) in [6, 6.07) is 9.56. The second kappa shape index (κ2) is 6.88. The molecule has 4 nitrogen and oxygen atoms in total. The highest BCUT2D eigenvalue weighted by atomic mass is 16.5. The van der Waals surface area contributed by atoms with E-state index in [9.17, 15) is 4.79 Å². The van der Waals surface area contributed by atoms with E-state index in [-0.39, 0.29) is 5.91 Å². The van der Waals surface area contributed by atoms with Crippen LogP contribution in [0, 0.1) is 0 Å². The van der Waals surface area contributed by atoms with Gasteiger partial charge in [0.05, 0.1) is 12.7 Å². The van der Waals surface area contributed by atoms with E-state index in [1.165, 1.54) is 5.56 Å². The van der Waals surface area contributed by atoms with Gasteiger partial charge in [-0.25, -0.2) is 0 Å². The number of hydrogen-bond donors (Lipinski definition) is 1. The first-order valence-electron chi connectivity index (χ1n) is 6.97. The van der Waals surface area contributed by atoms with Gasteiger partial charge in [-0.3, -0.25) is 9.78 Å². The van der Waals surface area contributed by atoms with E-state index >= 15 is 0 Å². The normalized spacial score (nSPS) is 10.5. The number of amides is 1. The van der Waals surface area contributed by atoms with Crippen molar-refractivity contribution < 1.29 is 9.53 Å². The van der Waals surface area contributed by atoms with Gasteiger partial charge in [0, 0.05) is 24.5 Å². The Balaban J connectivity index is 2.12. The van der Waals surface area contributed by atoms with Crippen LogP contribution in [0.4, 0.5) is 0 Å². The molecular weight excluding hydrogens is 264 g/mol. The minimum absolute atomic E-state index is 0.139. The Morgan fingerprint density at radius 1 is 1.33 bits per heavy atom. The molecule has 1 heterocycles. The molecule has 0 aliphatic heterocycles. The molecule has 0 saturated heterocycles. The quantitative estimate of drug-likeness (QED) is 0.917. The lowest BCUT2D eigenvalue weighted by Gasteiger charge is -2.13. The number of carbonyl (C=O) groups excluding carboxylic acids is 1. The molecule has 0 saturated carbocycles. The van der Waals surface area contributed by atoms with Crippen LogP contribution in [0.15, 0.2) is 42.7 Å². The van der Waals surface area contributed by atoms with Crippen LogP contribution in [0.5, 0.6) is 5.75 Å². The number of pyridine rings is 1. The van der Waals surface area contributed by atoms with Gasteiger partial charge in [-0.15, -0.1) is 0 Å². The topological polar surface area (TPSA) is 51.2 Å². The van der Waals surface area contributed by atoms with Gasteiger partial charge >= 0.3 is 0 Å². The molecule has 1 aromatic heterocycles. The third-order valence-corrected chi connectivity index (χ3v) is 3.33. The lowest BCUT2D eigenvalue weighted by atomic mass is 10.00. The molecular formula is C17H20N2O2.